The molecule has 10 nitrogen and oxygen atoms in total. The van der Waals surface area contributed by atoms with Crippen LogP contribution < -0.4 is 0 Å². The summed E-state index contributed by atoms with van der Waals surface area (Å²) in [5.74, 6) is -10.6. The summed E-state index contributed by atoms with van der Waals surface area (Å²) >= 11 is 1.40. The number of halogens is 6. The fourth-order valence-electron chi connectivity index (χ4n) is 11.8. The molecule has 17 heteroatoms. The van der Waals surface area contributed by atoms with Gasteiger partial charge in [0.2, 0.25) is 11.6 Å². The fourth-order valence-corrected chi connectivity index (χ4v) is 12.7. The molecule has 0 amide bonds. The maximum Gasteiger partial charge on any atom is 0.443 e. The summed E-state index contributed by atoms with van der Waals surface area (Å²) in [6, 6.07) is 0. The van der Waals surface area contributed by atoms with Crippen LogP contribution in [0.5, 0.6) is 0 Å². The Balaban J connectivity index is 0.872. The van der Waals surface area contributed by atoms with Crippen molar-refractivity contribution < 1.29 is 74.3 Å². The summed E-state index contributed by atoms with van der Waals surface area (Å²) in [7, 11) is 0. The molecule has 2 aliphatic carbocycles. The molecule has 0 N–H and O–H groups in total. The van der Waals surface area contributed by atoms with E-state index in [0.717, 1.165) is 12.8 Å². The molecule has 316 valence electrons. The van der Waals surface area contributed by atoms with E-state index >= 15 is 26.3 Å². The van der Waals surface area contributed by atoms with Gasteiger partial charge in [0.1, 0.15) is 0 Å². The largest absolute Gasteiger partial charge is 0.443 e. The van der Waals surface area contributed by atoms with E-state index in [1.54, 1.807) is 13.8 Å². The first-order valence-electron chi connectivity index (χ1n) is 20.2. The van der Waals surface area contributed by atoms with Crippen LogP contribution in [0.4, 0.5) is 26.3 Å². The van der Waals surface area contributed by atoms with Gasteiger partial charge in [-0.15, -0.1) is 0 Å². The number of alkyl halides is 6. The smallest absolute Gasteiger partial charge is 0.342 e. The van der Waals surface area contributed by atoms with E-state index in [1.165, 1.54) is 25.6 Å². The Morgan fingerprint density at radius 2 is 0.945 bits per heavy atom. The minimum absolute atomic E-state index is 0.0964. The molecule has 0 aromatic heterocycles. The second kappa shape index (κ2) is 14.1. The monoisotopic (exact) mass is 818 g/mol. The van der Waals surface area contributed by atoms with E-state index in [-0.39, 0.29) is 49.7 Å². The van der Waals surface area contributed by atoms with Crippen molar-refractivity contribution in [3.05, 3.63) is 0 Å². The third-order valence-corrected chi connectivity index (χ3v) is 16.0. The minimum atomic E-state index is -4.87. The van der Waals surface area contributed by atoms with E-state index < -0.39 is 83.0 Å². The van der Waals surface area contributed by atoms with Crippen molar-refractivity contribution in [3.8, 4) is 0 Å². The van der Waals surface area contributed by atoms with Gasteiger partial charge in [-0.05, 0) is 100 Å². The van der Waals surface area contributed by atoms with Crippen molar-refractivity contribution in [1.82, 2.24) is 0 Å². The van der Waals surface area contributed by atoms with Gasteiger partial charge in [0.25, 0.3) is 11.6 Å². The molecule has 4 bridgehead atoms. The van der Waals surface area contributed by atoms with Crippen LogP contribution in [0.15, 0.2) is 0 Å². The molecule has 8 heterocycles. The molecule has 8 saturated heterocycles. The number of thioether (sulfide) groups is 1. The lowest BCUT2D eigenvalue weighted by Gasteiger charge is -2.62. The number of hydrogen-bond donors (Lipinski definition) is 0. The van der Waals surface area contributed by atoms with Crippen molar-refractivity contribution >= 4 is 11.8 Å². The Morgan fingerprint density at radius 3 is 1.33 bits per heavy atom. The standard InChI is InChI=1S/C38H56F6O10S/c1-21-9-11-27-23(3)35(37(39,40)41,49-29-33(27)25(21)13-15-31(5,47-29)51-53-33)45-17-7-19-55-20-8-18-46-36(38(42,43)44)24(4)28-12-10-22(2)26-14-16-32(6)48-30(50-36)34(26,28)54-52-32/h21-30H,7-20H2,1-6H3/t21-,22-,23-,24-,25+,26+,27+,28+,29+,30+,31+,32+,33-,34-,35-,36-/m1/s1. The molecular formula is C38H56F6O10S. The third kappa shape index (κ3) is 6.19. The Bertz CT molecular complexity index is 1330. The molecule has 0 unspecified atom stereocenters. The molecule has 2 saturated carbocycles. The maximum absolute atomic E-state index is 15.1. The Hall–Kier alpha value is -0.470. The lowest BCUT2D eigenvalue weighted by molar-refractivity contribution is -0.598. The van der Waals surface area contributed by atoms with Gasteiger partial charge in [0.05, 0.1) is 13.2 Å². The molecule has 16 atom stereocenters. The zero-order chi connectivity index (χ0) is 39.5. The molecule has 8 aliphatic heterocycles. The van der Waals surface area contributed by atoms with Crippen LogP contribution in [0, 0.1) is 47.3 Å². The predicted molar refractivity (Wildman–Crippen MR) is 182 cm³/mol. The van der Waals surface area contributed by atoms with E-state index in [1.807, 2.05) is 0 Å². The maximum atomic E-state index is 15.1. The summed E-state index contributed by atoms with van der Waals surface area (Å²) < 4.78 is 126. The van der Waals surface area contributed by atoms with Crippen molar-refractivity contribution in [1.29, 1.82) is 0 Å². The zero-order valence-corrected chi connectivity index (χ0v) is 33.2. The summed E-state index contributed by atoms with van der Waals surface area (Å²) in [6.45, 7) is 10.0. The van der Waals surface area contributed by atoms with Gasteiger partial charge < -0.3 is 28.4 Å². The van der Waals surface area contributed by atoms with Gasteiger partial charge in [0.15, 0.2) is 23.8 Å². The summed E-state index contributed by atoms with van der Waals surface area (Å²) in [5, 5.41) is 0. The van der Waals surface area contributed by atoms with Gasteiger partial charge in [0, 0.05) is 36.5 Å². The predicted octanol–water partition coefficient (Wildman–Crippen LogP) is 8.81. The number of ether oxygens (including phenoxy) is 6. The van der Waals surface area contributed by atoms with Gasteiger partial charge in [-0.25, -0.2) is 19.6 Å². The molecule has 10 fully saturated rings. The highest BCUT2D eigenvalue weighted by Crippen LogP contribution is 2.66. The summed E-state index contributed by atoms with van der Waals surface area (Å²) in [6.07, 6.45) is -7.09. The molecule has 2 spiro atoms. The highest BCUT2D eigenvalue weighted by Gasteiger charge is 2.79. The molecule has 0 aromatic rings. The first-order chi connectivity index (χ1) is 25.8. The van der Waals surface area contributed by atoms with Gasteiger partial charge in [-0.3, -0.25) is 0 Å². The van der Waals surface area contributed by atoms with Crippen molar-refractivity contribution in [3.63, 3.8) is 0 Å². The minimum Gasteiger partial charge on any atom is -0.342 e. The van der Waals surface area contributed by atoms with Crippen LogP contribution in [-0.2, 0) is 48.0 Å². The Labute approximate surface area is 322 Å². The number of rotatable bonds is 10. The molecule has 0 aromatic carbocycles. The second-order valence-electron chi connectivity index (χ2n) is 18.0. The highest BCUT2D eigenvalue weighted by atomic mass is 32.2. The summed E-state index contributed by atoms with van der Waals surface area (Å²) in [5.41, 5.74) is -2.34. The first-order valence-corrected chi connectivity index (χ1v) is 21.4. The Kier molecular flexibility index (Phi) is 10.5. The lowest BCUT2D eigenvalue weighted by Crippen LogP contribution is -2.76. The topological polar surface area (TPSA) is 92.3 Å². The Morgan fingerprint density at radius 1 is 0.545 bits per heavy atom. The average molecular weight is 819 g/mol. The average Bonchev–Trinajstić information content (AvgIpc) is 3.48. The molecule has 10 rings (SSSR count). The van der Waals surface area contributed by atoms with Crippen LogP contribution in [0.3, 0.4) is 0 Å². The normalized spacial score (nSPS) is 51.9. The molecule has 10 aliphatic rings. The van der Waals surface area contributed by atoms with Crippen LogP contribution in [-0.4, -0.2) is 84.0 Å². The van der Waals surface area contributed by atoms with Gasteiger partial charge >= 0.3 is 12.4 Å². The quantitative estimate of drug-likeness (QED) is 0.120. The van der Waals surface area contributed by atoms with Crippen molar-refractivity contribution in [2.45, 2.75) is 165 Å². The number of fused-ring (bicyclic) bond motifs is 4. The summed E-state index contributed by atoms with van der Waals surface area (Å²) in [4.78, 5) is 23.5. The van der Waals surface area contributed by atoms with Crippen LogP contribution in [0.1, 0.15) is 106 Å². The fraction of sp³-hybridized carbons (Fsp3) is 1.00. The third-order valence-electron chi connectivity index (χ3n) is 14.8. The van der Waals surface area contributed by atoms with E-state index in [2.05, 4.69) is 13.8 Å². The second-order valence-corrected chi connectivity index (χ2v) is 19.2. The van der Waals surface area contributed by atoms with Crippen LogP contribution >= 0.6 is 11.8 Å². The SMILES string of the molecule is C[C@@H]1CC[C@H]2[C@@H](C)[C@](OCCCSCCCO[C@@]3(C(F)(F)F)O[C@@H]4O[C@]5(C)CC[C@H]6[C@H](C)CC[C@@H]([C@H]3C)[C@@]46OO5)(C(F)(F)F)O[C@@H]3O[C@]4(C)CC[C@@H]1[C@]32OO4. The lowest BCUT2D eigenvalue weighted by atomic mass is 9.57. The number of hydrogen-bond acceptors (Lipinski definition) is 11. The van der Waals surface area contributed by atoms with Gasteiger partial charge in [-0.2, -0.15) is 38.1 Å². The van der Waals surface area contributed by atoms with E-state index in [0.29, 0.717) is 50.0 Å². The first kappa shape index (κ1) is 41.3. The van der Waals surface area contributed by atoms with Crippen molar-refractivity contribution in [2.75, 3.05) is 24.7 Å². The van der Waals surface area contributed by atoms with E-state index in [4.69, 9.17) is 48.0 Å². The van der Waals surface area contributed by atoms with Crippen LogP contribution in [0.25, 0.3) is 0 Å². The zero-order valence-electron chi connectivity index (χ0n) is 32.4. The molecule has 0 radical (unpaired) electrons. The molecular weight excluding hydrogens is 762 g/mol. The highest BCUT2D eigenvalue weighted by molar-refractivity contribution is 7.99. The molecule has 55 heavy (non-hydrogen) atoms. The van der Waals surface area contributed by atoms with Gasteiger partial charge in [-0.1, -0.05) is 27.7 Å². The van der Waals surface area contributed by atoms with Crippen molar-refractivity contribution in [2.24, 2.45) is 47.3 Å². The van der Waals surface area contributed by atoms with E-state index in [9.17, 15) is 0 Å². The van der Waals surface area contributed by atoms with Crippen LogP contribution in [0.2, 0.25) is 0 Å².